The fourth-order valence-electron chi connectivity index (χ4n) is 2.32. The number of halogens is 1. The minimum Gasteiger partial charge on any atom is -0.372 e. The first-order chi connectivity index (χ1) is 8.59. The van der Waals surface area contributed by atoms with Gasteiger partial charge in [-0.1, -0.05) is 0 Å². The molecule has 1 aliphatic rings. The van der Waals surface area contributed by atoms with E-state index in [0.717, 1.165) is 25.3 Å². The second-order valence-electron chi connectivity index (χ2n) is 4.85. The molecule has 1 aromatic heterocycles. The summed E-state index contributed by atoms with van der Waals surface area (Å²) < 4.78 is 1.93. The fourth-order valence-corrected chi connectivity index (χ4v) is 2.98. The van der Waals surface area contributed by atoms with Crippen molar-refractivity contribution in [3.8, 4) is 0 Å². The molecule has 1 fully saturated rings. The number of anilines is 1. The first-order valence-corrected chi connectivity index (χ1v) is 7.02. The van der Waals surface area contributed by atoms with E-state index >= 15 is 0 Å². The van der Waals surface area contributed by atoms with Crippen LogP contribution >= 0.6 is 15.9 Å². The number of aryl methyl sites for hydroxylation is 1. The third-order valence-corrected chi connectivity index (χ3v) is 4.21. The Hall–Kier alpha value is -0.880. The fraction of sp³-hybridized carbons (Fsp3) is 0.667. The van der Waals surface area contributed by atoms with Crippen molar-refractivity contribution < 1.29 is 0 Å². The second kappa shape index (κ2) is 5.84. The number of hydrogen-bond donors (Lipinski definition) is 1. The van der Waals surface area contributed by atoms with Crippen LogP contribution in [0, 0.1) is 5.92 Å². The monoisotopic (exact) mass is 314 g/mol. The molecule has 0 atom stereocenters. The van der Waals surface area contributed by atoms with Gasteiger partial charge in [-0.15, -0.1) is 0 Å². The molecule has 2 rings (SSSR count). The lowest BCUT2D eigenvalue weighted by molar-refractivity contribution is 0.377. The standard InChI is InChI=1S/C12H19BrN4O/c1-16(8-9-3-5-14-6-4-9)10-7-15-17(2)12(18)11(10)13/h7,9,14H,3-6,8H2,1-2H3. The van der Waals surface area contributed by atoms with Crippen LogP contribution in [-0.4, -0.2) is 36.5 Å². The largest absolute Gasteiger partial charge is 0.372 e. The molecule has 1 saturated heterocycles. The normalized spacial score (nSPS) is 16.8. The Balaban J connectivity index is 2.11. The summed E-state index contributed by atoms with van der Waals surface area (Å²) in [6.07, 6.45) is 4.13. The summed E-state index contributed by atoms with van der Waals surface area (Å²) >= 11 is 3.37. The van der Waals surface area contributed by atoms with E-state index in [9.17, 15) is 4.79 Å². The van der Waals surface area contributed by atoms with E-state index < -0.39 is 0 Å². The number of piperidine rings is 1. The summed E-state index contributed by atoms with van der Waals surface area (Å²) in [6.45, 7) is 3.15. The topological polar surface area (TPSA) is 50.2 Å². The minimum atomic E-state index is -0.0929. The Kier molecular flexibility index (Phi) is 4.40. The molecule has 6 heteroatoms. The van der Waals surface area contributed by atoms with E-state index in [2.05, 4.69) is 31.2 Å². The van der Waals surface area contributed by atoms with Gasteiger partial charge in [-0.05, 0) is 47.8 Å². The SMILES string of the molecule is CN(CC1CCNCC1)c1cnn(C)c(=O)c1Br. The predicted octanol–water partition coefficient (Wildman–Crippen LogP) is 0.979. The van der Waals surface area contributed by atoms with Crippen LogP contribution in [0.5, 0.6) is 0 Å². The van der Waals surface area contributed by atoms with Crippen molar-refractivity contribution in [1.82, 2.24) is 15.1 Å². The highest BCUT2D eigenvalue weighted by Gasteiger charge is 2.17. The highest BCUT2D eigenvalue weighted by molar-refractivity contribution is 9.10. The van der Waals surface area contributed by atoms with E-state index in [1.807, 2.05) is 7.05 Å². The minimum absolute atomic E-state index is 0.0929. The van der Waals surface area contributed by atoms with E-state index in [1.54, 1.807) is 13.2 Å². The van der Waals surface area contributed by atoms with Crippen molar-refractivity contribution in [1.29, 1.82) is 0 Å². The van der Waals surface area contributed by atoms with Crippen LogP contribution in [0.15, 0.2) is 15.5 Å². The van der Waals surface area contributed by atoms with Crippen molar-refractivity contribution in [2.75, 3.05) is 31.6 Å². The molecule has 0 radical (unpaired) electrons. The van der Waals surface area contributed by atoms with Crippen molar-refractivity contribution >= 4 is 21.6 Å². The van der Waals surface area contributed by atoms with Gasteiger partial charge in [0.25, 0.3) is 5.56 Å². The number of hydrogen-bond acceptors (Lipinski definition) is 4. The lowest BCUT2D eigenvalue weighted by atomic mass is 9.97. The maximum atomic E-state index is 11.8. The van der Waals surface area contributed by atoms with Gasteiger partial charge < -0.3 is 10.2 Å². The summed E-state index contributed by atoms with van der Waals surface area (Å²) in [5, 5.41) is 7.44. The molecule has 0 unspecified atom stereocenters. The number of nitrogens with one attached hydrogen (secondary N) is 1. The maximum Gasteiger partial charge on any atom is 0.282 e. The van der Waals surface area contributed by atoms with E-state index in [-0.39, 0.29) is 5.56 Å². The summed E-state index contributed by atoms with van der Waals surface area (Å²) in [4.78, 5) is 13.9. The van der Waals surface area contributed by atoms with Crippen LogP contribution in [0.25, 0.3) is 0 Å². The Bertz CT molecular complexity index is 468. The van der Waals surface area contributed by atoms with Crippen molar-refractivity contribution in [3.05, 3.63) is 21.0 Å². The summed E-state index contributed by atoms with van der Waals surface area (Å²) in [5.41, 5.74) is 0.779. The Labute approximate surface area is 115 Å². The van der Waals surface area contributed by atoms with Crippen molar-refractivity contribution in [2.24, 2.45) is 13.0 Å². The van der Waals surface area contributed by atoms with Gasteiger partial charge >= 0.3 is 0 Å². The third kappa shape index (κ3) is 2.92. The Morgan fingerprint density at radius 3 is 2.89 bits per heavy atom. The molecule has 100 valence electrons. The first-order valence-electron chi connectivity index (χ1n) is 6.23. The zero-order chi connectivity index (χ0) is 13.1. The molecular weight excluding hydrogens is 296 g/mol. The smallest absolute Gasteiger partial charge is 0.282 e. The van der Waals surface area contributed by atoms with Gasteiger partial charge in [0.15, 0.2) is 0 Å². The Morgan fingerprint density at radius 1 is 1.56 bits per heavy atom. The zero-order valence-electron chi connectivity index (χ0n) is 10.8. The molecule has 0 amide bonds. The summed E-state index contributed by atoms with van der Waals surface area (Å²) in [5.74, 6) is 0.687. The molecule has 0 bridgehead atoms. The molecule has 0 spiro atoms. The van der Waals surface area contributed by atoms with Crippen LogP contribution < -0.4 is 15.8 Å². The van der Waals surface area contributed by atoms with Gasteiger partial charge in [-0.3, -0.25) is 4.79 Å². The molecule has 5 nitrogen and oxygen atoms in total. The quantitative estimate of drug-likeness (QED) is 0.903. The van der Waals surface area contributed by atoms with Crippen LogP contribution in [-0.2, 0) is 7.05 Å². The highest BCUT2D eigenvalue weighted by atomic mass is 79.9. The Morgan fingerprint density at radius 2 is 2.22 bits per heavy atom. The molecule has 18 heavy (non-hydrogen) atoms. The van der Waals surface area contributed by atoms with Gasteiger partial charge in [0.1, 0.15) is 4.47 Å². The molecule has 0 aliphatic carbocycles. The van der Waals surface area contributed by atoms with Gasteiger partial charge in [0.2, 0.25) is 0 Å². The summed E-state index contributed by atoms with van der Waals surface area (Å²) in [6, 6.07) is 0. The van der Waals surface area contributed by atoms with Crippen molar-refractivity contribution in [3.63, 3.8) is 0 Å². The predicted molar refractivity (Wildman–Crippen MR) is 76.0 cm³/mol. The lowest BCUT2D eigenvalue weighted by Crippen LogP contribution is -2.35. The molecule has 0 saturated carbocycles. The third-order valence-electron chi connectivity index (χ3n) is 3.46. The molecule has 1 N–H and O–H groups in total. The first kappa shape index (κ1) is 13.5. The average molecular weight is 315 g/mol. The molecule has 2 heterocycles. The zero-order valence-corrected chi connectivity index (χ0v) is 12.4. The number of rotatable bonds is 3. The maximum absolute atomic E-state index is 11.8. The molecule has 0 aromatic carbocycles. The van der Waals surface area contributed by atoms with Gasteiger partial charge in [-0.25, -0.2) is 4.68 Å². The van der Waals surface area contributed by atoms with E-state index in [4.69, 9.17) is 0 Å². The lowest BCUT2D eigenvalue weighted by Gasteiger charge is -2.29. The average Bonchev–Trinajstić information content (AvgIpc) is 2.37. The van der Waals surface area contributed by atoms with Crippen LogP contribution in [0.1, 0.15) is 12.8 Å². The van der Waals surface area contributed by atoms with Crippen LogP contribution in [0.2, 0.25) is 0 Å². The number of nitrogens with zero attached hydrogens (tertiary/aromatic N) is 3. The van der Waals surface area contributed by atoms with Crippen molar-refractivity contribution in [2.45, 2.75) is 12.8 Å². The van der Waals surface area contributed by atoms with Crippen LogP contribution in [0.3, 0.4) is 0 Å². The molecular formula is C12H19BrN4O. The van der Waals surface area contributed by atoms with Gasteiger partial charge in [0, 0.05) is 20.6 Å². The summed E-state index contributed by atoms with van der Waals surface area (Å²) in [7, 11) is 3.67. The highest BCUT2D eigenvalue weighted by Crippen LogP contribution is 2.22. The molecule has 1 aromatic rings. The van der Waals surface area contributed by atoms with Gasteiger partial charge in [0.05, 0.1) is 11.9 Å². The number of aromatic nitrogens is 2. The molecule has 1 aliphatic heterocycles. The van der Waals surface area contributed by atoms with E-state index in [0.29, 0.717) is 10.4 Å². The van der Waals surface area contributed by atoms with E-state index in [1.165, 1.54) is 17.5 Å². The van der Waals surface area contributed by atoms with Crippen LogP contribution in [0.4, 0.5) is 5.69 Å². The second-order valence-corrected chi connectivity index (χ2v) is 5.64. The van der Waals surface area contributed by atoms with Gasteiger partial charge in [-0.2, -0.15) is 5.10 Å².